The Kier molecular flexibility index (Phi) is 3.41. The van der Waals surface area contributed by atoms with Gasteiger partial charge >= 0.3 is 12.0 Å². The summed E-state index contributed by atoms with van der Waals surface area (Å²) in [5.41, 5.74) is -1.11. The summed E-state index contributed by atoms with van der Waals surface area (Å²) >= 11 is 0. The number of imide groups is 1. The average molecular weight is 283 g/mol. The monoisotopic (exact) mass is 283 g/mol. The number of carbonyl (C=O) groups is 4. The Morgan fingerprint density at radius 2 is 2.05 bits per heavy atom. The van der Waals surface area contributed by atoms with Gasteiger partial charge in [-0.05, 0) is 26.7 Å². The van der Waals surface area contributed by atoms with Crippen molar-refractivity contribution >= 4 is 23.8 Å². The maximum Gasteiger partial charge on any atom is 0.326 e. The van der Waals surface area contributed by atoms with Gasteiger partial charge in [-0.25, -0.2) is 9.59 Å². The minimum Gasteiger partial charge on any atom is -0.480 e. The van der Waals surface area contributed by atoms with Crippen molar-refractivity contribution in [3.05, 3.63) is 0 Å². The predicted octanol–water partition coefficient (Wildman–Crippen LogP) is -0.608. The first-order chi connectivity index (χ1) is 9.25. The molecule has 0 aromatic carbocycles. The van der Waals surface area contributed by atoms with Crippen LogP contribution in [0.2, 0.25) is 0 Å². The Balaban J connectivity index is 2.10. The van der Waals surface area contributed by atoms with Gasteiger partial charge in [0.15, 0.2) is 0 Å². The molecule has 0 aromatic rings. The third-order valence-electron chi connectivity index (χ3n) is 3.85. The molecule has 2 heterocycles. The van der Waals surface area contributed by atoms with Gasteiger partial charge in [-0.1, -0.05) is 0 Å². The lowest BCUT2D eigenvalue weighted by molar-refractivity contribution is -0.148. The largest absolute Gasteiger partial charge is 0.480 e. The van der Waals surface area contributed by atoms with Gasteiger partial charge in [0.1, 0.15) is 18.1 Å². The smallest absolute Gasteiger partial charge is 0.326 e. The molecule has 0 saturated carbocycles. The number of amides is 4. The first-order valence-electron chi connectivity index (χ1n) is 6.40. The van der Waals surface area contributed by atoms with E-state index in [-0.39, 0.29) is 6.54 Å². The van der Waals surface area contributed by atoms with Gasteiger partial charge in [0.25, 0.3) is 5.91 Å². The van der Waals surface area contributed by atoms with E-state index < -0.39 is 35.4 Å². The molecule has 2 N–H and O–H groups in total. The second-order valence-electron chi connectivity index (χ2n) is 5.49. The highest BCUT2D eigenvalue weighted by molar-refractivity contribution is 6.07. The van der Waals surface area contributed by atoms with E-state index in [1.165, 1.54) is 4.90 Å². The van der Waals surface area contributed by atoms with E-state index in [2.05, 4.69) is 5.32 Å². The van der Waals surface area contributed by atoms with Crippen molar-refractivity contribution in [1.82, 2.24) is 15.1 Å². The van der Waals surface area contributed by atoms with Crippen LogP contribution in [0, 0.1) is 0 Å². The van der Waals surface area contributed by atoms with E-state index in [4.69, 9.17) is 5.11 Å². The summed E-state index contributed by atoms with van der Waals surface area (Å²) in [6, 6.07) is -1.47. The number of aliphatic carboxylic acids is 1. The Bertz CT molecular complexity index is 487. The van der Waals surface area contributed by atoms with Crippen molar-refractivity contribution in [1.29, 1.82) is 0 Å². The number of rotatable bonds is 3. The van der Waals surface area contributed by atoms with Crippen LogP contribution in [0.3, 0.4) is 0 Å². The summed E-state index contributed by atoms with van der Waals surface area (Å²) in [6.07, 6.45) is 1.03. The fraction of sp³-hybridized carbons (Fsp3) is 0.667. The zero-order valence-corrected chi connectivity index (χ0v) is 11.4. The van der Waals surface area contributed by atoms with E-state index in [1.807, 2.05) is 0 Å². The van der Waals surface area contributed by atoms with Crippen molar-refractivity contribution < 1.29 is 24.3 Å². The molecule has 0 spiro atoms. The molecule has 2 fully saturated rings. The van der Waals surface area contributed by atoms with Crippen LogP contribution in [-0.4, -0.2) is 63.4 Å². The highest BCUT2D eigenvalue weighted by Crippen LogP contribution is 2.23. The summed E-state index contributed by atoms with van der Waals surface area (Å²) in [6.45, 7) is 3.15. The molecule has 2 rings (SSSR count). The van der Waals surface area contributed by atoms with Gasteiger partial charge in [0, 0.05) is 6.54 Å². The molecule has 2 aliphatic rings. The number of urea groups is 1. The molecule has 0 bridgehead atoms. The summed E-state index contributed by atoms with van der Waals surface area (Å²) in [5.74, 6) is -1.96. The number of carboxylic acids is 1. The molecule has 4 amide bonds. The maximum absolute atomic E-state index is 12.2. The normalized spacial score (nSPS) is 25.0. The fourth-order valence-electron chi connectivity index (χ4n) is 2.51. The molecule has 110 valence electrons. The molecule has 0 aromatic heterocycles. The van der Waals surface area contributed by atoms with Crippen LogP contribution < -0.4 is 5.32 Å². The molecule has 0 aliphatic carbocycles. The number of hydrogen-bond acceptors (Lipinski definition) is 4. The number of hydrogen-bond donors (Lipinski definition) is 2. The van der Waals surface area contributed by atoms with Gasteiger partial charge < -0.3 is 14.9 Å². The minimum atomic E-state index is -1.11. The lowest BCUT2D eigenvalue weighted by atomic mass is 10.0. The molecule has 2 aliphatic heterocycles. The number of carboxylic acid groups (broad SMARTS) is 1. The van der Waals surface area contributed by atoms with E-state index in [0.717, 1.165) is 4.90 Å². The highest BCUT2D eigenvalue weighted by atomic mass is 16.4. The SMILES string of the molecule is CC1(C)C(=O)NC(=O)N1CC(=O)N1CCC[C@@H]1C(=O)O. The van der Waals surface area contributed by atoms with E-state index >= 15 is 0 Å². The molecule has 0 unspecified atom stereocenters. The molecule has 20 heavy (non-hydrogen) atoms. The molecular formula is C12H17N3O5. The van der Waals surface area contributed by atoms with Crippen LogP contribution in [0.4, 0.5) is 4.79 Å². The molecule has 1 atom stereocenters. The van der Waals surface area contributed by atoms with Crippen molar-refractivity contribution in [2.24, 2.45) is 0 Å². The first kappa shape index (κ1) is 14.3. The van der Waals surface area contributed by atoms with Crippen LogP contribution in [0.15, 0.2) is 0 Å². The number of carbonyl (C=O) groups excluding carboxylic acids is 3. The summed E-state index contributed by atoms with van der Waals surface area (Å²) in [4.78, 5) is 48.9. The predicted molar refractivity (Wildman–Crippen MR) is 66.7 cm³/mol. The standard InChI is InChI=1S/C12H17N3O5/c1-12(2)10(19)13-11(20)15(12)6-8(16)14-5-3-4-7(14)9(17)18/h7H,3-6H2,1-2H3,(H,17,18)(H,13,19,20)/t7-/m1/s1. The Labute approximate surface area is 115 Å². The van der Waals surface area contributed by atoms with Crippen LogP contribution in [-0.2, 0) is 14.4 Å². The first-order valence-corrected chi connectivity index (χ1v) is 6.40. The number of nitrogens with one attached hydrogen (secondary N) is 1. The van der Waals surface area contributed by atoms with Gasteiger partial charge in [0.2, 0.25) is 5.91 Å². The van der Waals surface area contributed by atoms with Crippen LogP contribution in [0.1, 0.15) is 26.7 Å². The quantitative estimate of drug-likeness (QED) is 0.672. The second-order valence-corrected chi connectivity index (χ2v) is 5.49. The third kappa shape index (κ3) is 2.21. The summed E-state index contributed by atoms with van der Waals surface area (Å²) < 4.78 is 0. The van der Waals surface area contributed by atoms with E-state index in [9.17, 15) is 19.2 Å². The van der Waals surface area contributed by atoms with Gasteiger partial charge in [-0.2, -0.15) is 0 Å². The van der Waals surface area contributed by atoms with Gasteiger partial charge in [-0.3, -0.25) is 14.9 Å². The molecule has 8 heteroatoms. The Morgan fingerprint density at radius 1 is 1.40 bits per heavy atom. The van der Waals surface area contributed by atoms with Crippen molar-refractivity contribution in [3.8, 4) is 0 Å². The molecule has 2 saturated heterocycles. The second kappa shape index (κ2) is 4.77. The lowest BCUT2D eigenvalue weighted by Gasteiger charge is -2.30. The average Bonchev–Trinajstić information content (AvgIpc) is 2.89. The summed E-state index contributed by atoms with van der Waals surface area (Å²) in [5, 5.41) is 11.2. The zero-order valence-electron chi connectivity index (χ0n) is 11.4. The maximum atomic E-state index is 12.2. The van der Waals surface area contributed by atoms with E-state index in [0.29, 0.717) is 19.4 Å². The number of likely N-dealkylation sites (tertiary alicyclic amines) is 1. The molecule has 0 radical (unpaired) electrons. The van der Waals surface area contributed by atoms with Crippen molar-refractivity contribution in [2.45, 2.75) is 38.3 Å². The van der Waals surface area contributed by atoms with Crippen molar-refractivity contribution in [2.75, 3.05) is 13.1 Å². The van der Waals surface area contributed by atoms with E-state index in [1.54, 1.807) is 13.8 Å². The third-order valence-corrected chi connectivity index (χ3v) is 3.85. The Hall–Kier alpha value is -2.12. The fourth-order valence-corrected chi connectivity index (χ4v) is 2.51. The lowest BCUT2D eigenvalue weighted by Crippen LogP contribution is -2.51. The van der Waals surface area contributed by atoms with Crippen LogP contribution in [0.25, 0.3) is 0 Å². The van der Waals surface area contributed by atoms with Crippen LogP contribution in [0.5, 0.6) is 0 Å². The summed E-state index contributed by atoms with van der Waals surface area (Å²) in [7, 11) is 0. The molecule has 8 nitrogen and oxygen atoms in total. The minimum absolute atomic E-state index is 0.297. The Morgan fingerprint density at radius 3 is 2.55 bits per heavy atom. The van der Waals surface area contributed by atoms with Gasteiger partial charge in [-0.15, -0.1) is 0 Å². The molecular weight excluding hydrogens is 266 g/mol. The van der Waals surface area contributed by atoms with Crippen LogP contribution >= 0.6 is 0 Å². The zero-order chi connectivity index (χ0) is 15.1. The highest BCUT2D eigenvalue weighted by Gasteiger charge is 2.47. The topological polar surface area (TPSA) is 107 Å². The van der Waals surface area contributed by atoms with Crippen molar-refractivity contribution in [3.63, 3.8) is 0 Å². The number of nitrogens with zero attached hydrogens (tertiary/aromatic N) is 2. The van der Waals surface area contributed by atoms with Gasteiger partial charge in [0.05, 0.1) is 0 Å².